The number of amides is 1. The minimum Gasteiger partial charge on any atom is -0.476 e. The molecule has 2 aromatic carbocycles. The second-order valence-corrected chi connectivity index (χ2v) is 12.9. The van der Waals surface area contributed by atoms with Crippen molar-refractivity contribution in [2.75, 3.05) is 38.0 Å². The summed E-state index contributed by atoms with van der Waals surface area (Å²) in [5.41, 5.74) is 0.0227. The quantitative estimate of drug-likeness (QED) is 0.292. The average molecular weight is 629 g/mol. The topological polar surface area (TPSA) is 147 Å². The highest BCUT2D eigenvalue weighted by atomic mass is 32.2. The van der Waals surface area contributed by atoms with E-state index in [1.807, 2.05) is 26.8 Å². The van der Waals surface area contributed by atoms with Crippen LogP contribution in [0.1, 0.15) is 52.5 Å². The molecule has 1 aromatic heterocycles. The number of halogens is 1. The highest BCUT2D eigenvalue weighted by molar-refractivity contribution is 7.90. The molecule has 0 unspecified atom stereocenters. The van der Waals surface area contributed by atoms with Crippen LogP contribution in [0, 0.1) is 23.1 Å². The number of rotatable bonds is 11. The number of aromatic nitrogens is 2. The van der Waals surface area contributed by atoms with E-state index in [9.17, 15) is 22.9 Å². The van der Waals surface area contributed by atoms with Crippen LogP contribution >= 0.6 is 0 Å². The van der Waals surface area contributed by atoms with E-state index >= 15 is 0 Å². The normalized spacial score (nSPS) is 14.4. The van der Waals surface area contributed by atoms with Crippen molar-refractivity contribution < 1.29 is 31.8 Å². The minimum atomic E-state index is -3.96. The maximum Gasteiger partial charge on any atom is 0.410 e. The van der Waals surface area contributed by atoms with Gasteiger partial charge in [-0.25, -0.2) is 19.2 Å². The second-order valence-electron chi connectivity index (χ2n) is 11.1. The molecular formula is C30H37FN6O6S. The van der Waals surface area contributed by atoms with Crippen molar-refractivity contribution in [3.05, 3.63) is 47.9 Å². The summed E-state index contributed by atoms with van der Waals surface area (Å²) in [6.07, 6.45) is 3.47. The van der Waals surface area contributed by atoms with E-state index in [1.54, 1.807) is 24.0 Å². The van der Waals surface area contributed by atoms with E-state index < -0.39 is 27.4 Å². The summed E-state index contributed by atoms with van der Waals surface area (Å²) in [6, 6.07) is 8.72. The van der Waals surface area contributed by atoms with Crippen molar-refractivity contribution in [3.8, 4) is 23.4 Å². The van der Waals surface area contributed by atoms with Gasteiger partial charge in [0, 0.05) is 32.7 Å². The van der Waals surface area contributed by atoms with E-state index in [1.165, 1.54) is 25.4 Å². The van der Waals surface area contributed by atoms with Crippen molar-refractivity contribution in [3.63, 3.8) is 0 Å². The summed E-state index contributed by atoms with van der Waals surface area (Å²) in [6.45, 7) is 9.17. The number of likely N-dealkylation sites (tertiary alicyclic amines) is 1. The number of carbonyl (C=O) groups is 1. The fourth-order valence-corrected chi connectivity index (χ4v) is 5.27. The summed E-state index contributed by atoms with van der Waals surface area (Å²) in [4.78, 5) is 23.1. The Kier molecular flexibility index (Phi) is 10.1. The minimum absolute atomic E-state index is 0.118. The molecule has 14 heteroatoms. The van der Waals surface area contributed by atoms with Gasteiger partial charge in [0.15, 0.2) is 11.6 Å². The number of anilines is 1. The molecule has 1 N–H and O–H groups in total. The number of hydrogen-bond donors (Lipinski definition) is 1. The number of ether oxygens (including phenoxy) is 3. The van der Waals surface area contributed by atoms with Gasteiger partial charge in [-0.15, -0.1) is 0 Å². The van der Waals surface area contributed by atoms with Gasteiger partial charge in [0.25, 0.3) is 0 Å². The smallest absolute Gasteiger partial charge is 0.410 e. The number of fused-ring (bicyclic) bond motifs is 1. The third kappa shape index (κ3) is 7.83. The van der Waals surface area contributed by atoms with E-state index in [4.69, 9.17) is 14.2 Å². The summed E-state index contributed by atoms with van der Waals surface area (Å²) in [7, 11) is -2.59. The van der Waals surface area contributed by atoms with Crippen LogP contribution < -0.4 is 14.2 Å². The van der Waals surface area contributed by atoms with Gasteiger partial charge in [0.05, 0.1) is 29.5 Å². The van der Waals surface area contributed by atoms with Gasteiger partial charge in [0.2, 0.25) is 5.88 Å². The van der Waals surface area contributed by atoms with Gasteiger partial charge in [-0.3, -0.25) is 4.72 Å². The van der Waals surface area contributed by atoms with Crippen LogP contribution in [-0.2, 0) is 14.9 Å². The SMILES string of the molecule is CCN(C)S(=O)(=O)Nc1ccc(F)c(Oc2ccc3ncc(OCC4CCN(C(=O)OC(C)(C)CC)CC4)nc3c2)c1C#N. The first-order valence-corrected chi connectivity index (χ1v) is 15.8. The maximum atomic E-state index is 14.8. The lowest BCUT2D eigenvalue weighted by Crippen LogP contribution is -2.43. The number of nitriles is 1. The largest absolute Gasteiger partial charge is 0.476 e. The van der Waals surface area contributed by atoms with Gasteiger partial charge in [-0.2, -0.15) is 18.0 Å². The van der Waals surface area contributed by atoms with Crippen LogP contribution in [-0.4, -0.2) is 72.6 Å². The molecule has 0 atom stereocenters. The lowest BCUT2D eigenvalue weighted by atomic mass is 9.98. The Morgan fingerprint density at radius 3 is 2.59 bits per heavy atom. The van der Waals surface area contributed by atoms with Gasteiger partial charge < -0.3 is 19.1 Å². The number of hydrogen-bond acceptors (Lipinski definition) is 9. The average Bonchev–Trinajstić information content (AvgIpc) is 3.01. The molecule has 0 aliphatic carbocycles. The number of benzene rings is 2. The van der Waals surface area contributed by atoms with Crippen LogP contribution in [0.2, 0.25) is 0 Å². The Bertz CT molecular complexity index is 1650. The van der Waals surface area contributed by atoms with Crippen LogP contribution in [0.3, 0.4) is 0 Å². The van der Waals surface area contributed by atoms with Crippen molar-refractivity contribution in [1.29, 1.82) is 5.26 Å². The van der Waals surface area contributed by atoms with Crippen molar-refractivity contribution in [1.82, 2.24) is 19.2 Å². The molecule has 0 saturated carbocycles. The molecule has 1 fully saturated rings. The number of carbonyl (C=O) groups excluding carboxylic acids is 1. The molecular weight excluding hydrogens is 591 g/mol. The fraction of sp³-hybridized carbons (Fsp3) is 0.467. The zero-order valence-corrected chi connectivity index (χ0v) is 26.3. The van der Waals surface area contributed by atoms with Gasteiger partial charge in [-0.1, -0.05) is 13.8 Å². The molecule has 236 valence electrons. The Hall–Kier alpha value is -4.22. The lowest BCUT2D eigenvalue weighted by molar-refractivity contribution is 0.00418. The Morgan fingerprint density at radius 1 is 1.20 bits per heavy atom. The van der Waals surface area contributed by atoms with E-state index in [0.717, 1.165) is 29.6 Å². The first-order chi connectivity index (χ1) is 20.9. The summed E-state index contributed by atoms with van der Waals surface area (Å²) in [5.74, 6) is -0.596. The number of nitrogens with one attached hydrogen (secondary N) is 1. The lowest BCUT2D eigenvalue weighted by Gasteiger charge is -2.34. The molecule has 1 aliphatic rings. The van der Waals surface area contributed by atoms with Gasteiger partial charge >= 0.3 is 16.3 Å². The molecule has 44 heavy (non-hydrogen) atoms. The highest BCUT2D eigenvalue weighted by Crippen LogP contribution is 2.34. The zero-order valence-electron chi connectivity index (χ0n) is 25.5. The van der Waals surface area contributed by atoms with E-state index in [0.29, 0.717) is 36.6 Å². The van der Waals surface area contributed by atoms with Crippen LogP contribution in [0.25, 0.3) is 11.0 Å². The Morgan fingerprint density at radius 2 is 1.93 bits per heavy atom. The molecule has 12 nitrogen and oxygen atoms in total. The Balaban J connectivity index is 1.43. The number of nitrogens with zero attached hydrogens (tertiary/aromatic N) is 5. The predicted molar refractivity (Wildman–Crippen MR) is 162 cm³/mol. The highest BCUT2D eigenvalue weighted by Gasteiger charge is 2.28. The third-order valence-corrected chi connectivity index (χ3v) is 9.14. The van der Waals surface area contributed by atoms with Crippen LogP contribution in [0.15, 0.2) is 36.5 Å². The molecule has 1 amide bonds. The summed E-state index contributed by atoms with van der Waals surface area (Å²) >= 11 is 0. The molecule has 0 bridgehead atoms. The van der Waals surface area contributed by atoms with Crippen molar-refractivity contribution in [2.45, 2.75) is 52.6 Å². The zero-order chi connectivity index (χ0) is 32.1. The first-order valence-electron chi connectivity index (χ1n) is 14.4. The predicted octanol–water partition coefficient (Wildman–Crippen LogP) is 5.46. The van der Waals surface area contributed by atoms with Gasteiger partial charge in [0.1, 0.15) is 23.0 Å². The van der Waals surface area contributed by atoms with Gasteiger partial charge in [-0.05, 0) is 63.3 Å². The van der Waals surface area contributed by atoms with Crippen LogP contribution in [0.5, 0.6) is 17.4 Å². The molecule has 4 rings (SSSR count). The third-order valence-electron chi connectivity index (χ3n) is 7.58. The van der Waals surface area contributed by atoms with Crippen LogP contribution in [0.4, 0.5) is 14.9 Å². The molecule has 1 saturated heterocycles. The summed E-state index contributed by atoms with van der Waals surface area (Å²) < 4.78 is 60.5. The molecule has 0 spiro atoms. The van der Waals surface area contributed by atoms with Crippen molar-refractivity contribution >= 4 is 33.0 Å². The van der Waals surface area contributed by atoms with E-state index in [-0.39, 0.29) is 35.6 Å². The first kappa shape index (κ1) is 32.7. The Labute approximate surface area is 256 Å². The van der Waals surface area contributed by atoms with E-state index in [2.05, 4.69) is 14.7 Å². The molecule has 0 radical (unpaired) electrons. The maximum absolute atomic E-state index is 14.8. The molecule has 1 aliphatic heterocycles. The molecule has 2 heterocycles. The monoisotopic (exact) mass is 628 g/mol. The molecule has 3 aromatic rings. The standard InChI is InChI=1S/C30H37FN6O6S/c1-6-30(3,4)43-29(38)37-14-12-20(13-15-37)19-41-27-18-33-25-10-8-21(16-26(25)34-27)42-28-22(17-32)24(11-9-23(28)31)35-44(39,40)36(5)7-2/h8-11,16,18,20,35H,6-7,12-15,19H2,1-5H3. The fourth-order valence-electron chi connectivity index (χ4n) is 4.32. The second kappa shape index (κ2) is 13.6. The number of piperidine rings is 1. The van der Waals surface area contributed by atoms with Crippen molar-refractivity contribution in [2.24, 2.45) is 5.92 Å². The summed E-state index contributed by atoms with van der Waals surface area (Å²) in [5, 5.41) is 9.76.